The molecule has 0 saturated carbocycles. The van der Waals surface area contributed by atoms with Gasteiger partial charge in [0.15, 0.2) is 5.82 Å². The van der Waals surface area contributed by atoms with E-state index in [1.165, 1.54) is 6.42 Å². The summed E-state index contributed by atoms with van der Waals surface area (Å²) >= 11 is 3.07. The van der Waals surface area contributed by atoms with E-state index in [0.717, 1.165) is 37.9 Å². The van der Waals surface area contributed by atoms with Gasteiger partial charge in [0.2, 0.25) is 5.91 Å². The molecule has 6 heteroatoms. The number of amides is 1. The Morgan fingerprint density at radius 1 is 1.43 bits per heavy atom. The van der Waals surface area contributed by atoms with E-state index in [9.17, 15) is 13.6 Å². The van der Waals surface area contributed by atoms with Gasteiger partial charge in [0.1, 0.15) is 5.82 Å². The largest absolute Gasteiger partial charge is 0.322 e. The topological polar surface area (TPSA) is 32.3 Å². The number of carbonyl (C=O) groups is 1. The minimum atomic E-state index is -0.777. The van der Waals surface area contributed by atoms with Crippen LogP contribution in [0.15, 0.2) is 16.6 Å². The molecular formula is C15H19BrF2N2O. The Morgan fingerprint density at radius 2 is 2.19 bits per heavy atom. The zero-order valence-electron chi connectivity index (χ0n) is 12.0. The van der Waals surface area contributed by atoms with Gasteiger partial charge in [0.25, 0.3) is 0 Å². The molecule has 3 nitrogen and oxygen atoms in total. The maximum absolute atomic E-state index is 13.7. The number of anilines is 1. The van der Waals surface area contributed by atoms with Crippen molar-refractivity contribution in [1.82, 2.24) is 4.90 Å². The summed E-state index contributed by atoms with van der Waals surface area (Å²) in [7, 11) is 0. The van der Waals surface area contributed by atoms with Crippen LogP contribution in [0.2, 0.25) is 0 Å². The predicted octanol–water partition coefficient (Wildman–Crippen LogP) is 3.93. The molecule has 1 aliphatic heterocycles. The summed E-state index contributed by atoms with van der Waals surface area (Å²) < 4.78 is 26.9. The van der Waals surface area contributed by atoms with Crippen LogP contribution in [0.25, 0.3) is 0 Å². The molecule has 0 aliphatic carbocycles. The summed E-state index contributed by atoms with van der Waals surface area (Å²) in [5, 5.41) is 2.53. The molecule has 1 unspecified atom stereocenters. The zero-order valence-corrected chi connectivity index (χ0v) is 13.6. The first-order chi connectivity index (χ1) is 10.0. The van der Waals surface area contributed by atoms with Crippen LogP contribution >= 0.6 is 15.9 Å². The number of benzene rings is 1. The van der Waals surface area contributed by atoms with E-state index in [0.29, 0.717) is 6.04 Å². The molecule has 1 heterocycles. The van der Waals surface area contributed by atoms with Crippen LogP contribution < -0.4 is 5.32 Å². The second-order valence-corrected chi connectivity index (χ2v) is 6.18. The standard InChI is InChI=1S/C15H19BrF2N2O/c1-2-11-5-3-4-6-20(11)9-14(21)19-15-12(16)7-10(17)8-13(15)18/h7-8,11H,2-6,9H2,1H3,(H,19,21). The number of hydrogen-bond acceptors (Lipinski definition) is 2. The number of piperidine rings is 1. The van der Waals surface area contributed by atoms with Crippen LogP contribution in [0, 0.1) is 11.6 Å². The molecule has 0 bridgehead atoms. The van der Waals surface area contributed by atoms with Crippen LogP contribution in [0.3, 0.4) is 0 Å². The molecule has 116 valence electrons. The predicted molar refractivity (Wildman–Crippen MR) is 82.2 cm³/mol. The van der Waals surface area contributed by atoms with Gasteiger partial charge in [0, 0.05) is 16.6 Å². The lowest BCUT2D eigenvalue weighted by molar-refractivity contribution is -0.118. The number of halogens is 3. The van der Waals surface area contributed by atoms with Crippen molar-refractivity contribution >= 4 is 27.5 Å². The molecule has 2 rings (SSSR count). The Kier molecular flexibility index (Phi) is 5.70. The molecule has 0 aromatic heterocycles. The third-order valence-corrected chi connectivity index (χ3v) is 4.46. The molecule has 21 heavy (non-hydrogen) atoms. The van der Waals surface area contributed by atoms with Crippen molar-refractivity contribution in [3.63, 3.8) is 0 Å². The highest BCUT2D eigenvalue weighted by molar-refractivity contribution is 9.10. The average Bonchev–Trinajstić information content (AvgIpc) is 2.43. The van der Waals surface area contributed by atoms with Crippen molar-refractivity contribution in [2.75, 3.05) is 18.4 Å². The summed E-state index contributed by atoms with van der Waals surface area (Å²) in [6.45, 7) is 3.23. The van der Waals surface area contributed by atoms with Crippen LogP contribution in [-0.4, -0.2) is 29.9 Å². The van der Waals surface area contributed by atoms with Gasteiger partial charge in [0.05, 0.1) is 12.2 Å². The van der Waals surface area contributed by atoms with Crippen LogP contribution in [0.1, 0.15) is 32.6 Å². The Bertz CT molecular complexity index is 501. The van der Waals surface area contributed by atoms with Crippen molar-refractivity contribution in [3.8, 4) is 0 Å². The summed E-state index contributed by atoms with van der Waals surface area (Å²) in [5.74, 6) is -1.73. The molecule has 0 radical (unpaired) electrons. The molecule has 1 atom stereocenters. The van der Waals surface area contributed by atoms with Crippen molar-refractivity contribution in [1.29, 1.82) is 0 Å². The fourth-order valence-corrected chi connectivity index (χ4v) is 3.26. The van der Waals surface area contributed by atoms with E-state index in [1.807, 2.05) is 0 Å². The molecule has 1 amide bonds. The number of carbonyl (C=O) groups excluding carboxylic acids is 1. The average molecular weight is 361 g/mol. The monoisotopic (exact) mass is 360 g/mol. The quantitative estimate of drug-likeness (QED) is 0.882. The molecule has 0 spiro atoms. The molecular weight excluding hydrogens is 342 g/mol. The highest BCUT2D eigenvalue weighted by Gasteiger charge is 2.23. The molecule has 1 aromatic rings. The molecule has 1 N–H and O–H groups in total. The van der Waals surface area contributed by atoms with Gasteiger partial charge >= 0.3 is 0 Å². The lowest BCUT2D eigenvalue weighted by Gasteiger charge is -2.34. The van der Waals surface area contributed by atoms with Gasteiger partial charge < -0.3 is 5.32 Å². The first kappa shape index (κ1) is 16.4. The Hall–Kier alpha value is -1.01. The minimum Gasteiger partial charge on any atom is -0.322 e. The summed E-state index contributed by atoms with van der Waals surface area (Å²) in [6, 6.07) is 2.30. The Balaban J connectivity index is 2.01. The van der Waals surface area contributed by atoms with E-state index >= 15 is 0 Å². The van der Waals surface area contributed by atoms with Crippen molar-refractivity contribution in [2.45, 2.75) is 38.6 Å². The maximum Gasteiger partial charge on any atom is 0.238 e. The second kappa shape index (κ2) is 7.31. The van der Waals surface area contributed by atoms with E-state index < -0.39 is 11.6 Å². The van der Waals surface area contributed by atoms with Crippen LogP contribution in [0.4, 0.5) is 14.5 Å². The van der Waals surface area contributed by atoms with E-state index in [2.05, 4.69) is 33.1 Å². The SMILES string of the molecule is CCC1CCCCN1CC(=O)Nc1c(F)cc(F)cc1Br. The van der Waals surface area contributed by atoms with E-state index in [1.54, 1.807) is 0 Å². The van der Waals surface area contributed by atoms with E-state index in [-0.39, 0.29) is 22.6 Å². The van der Waals surface area contributed by atoms with Gasteiger partial charge in [-0.15, -0.1) is 0 Å². The molecule has 1 fully saturated rings. The number of hydrogen-bond donors (Lipinski definition) is 1. The number of nitrogens with zero attached hydrogens (tertiary/aromatic N) is 1. The fourth-order valence-electron chi connectivity index (χ4n) is 2.76. The highest BCUT2D eigenvalue weighted by Crippen LogP contribution is 2.27. The Morgan fingerprint density at radius 3 is 2.86 bits per heavy atom. The lowest BCUT2D eigenvalue weighted by Crippen LogP contribution is -2.43. The van der Waals surface area contributed by atoms with Crippen LogP contribution in [-0.2, 0) is 4.79 Å². The molecule has 1 saturated heterocycles. The Labute approximate surface area is 131 Å². The third-order valence-electron chi connectivity index (χ3n) is 3.84. The summed E-state index contributed by atoms with van der Waals surface area (Å²) in [6.07, 6.45) is 4.37. The summed E-state index contributed by atoms with van der Waals surface area (Å²) in [4.78, 5) is 14.2. The van der Waals surface area contributed by atoms with Crippen molar-refractivity contribution in [3.05, 3.63) is 28.2 Å². The first-order valence-electron chi connectivity index (χ1n) is 7.19. The van der Waals surface area contributed by atoms with E-state index in [4.69, 9.17) is 0 Å². The van der Waals surface area contributed by atoms with Gasteiger partial charge in [-0.25, -0.2) is 8.78 Å². The highest BCUT2D eigenvalue weighted by atomic mass is 79.9. The summed E-state index contributed by atoms with van der Waals surface area (Å²) in [5.41, 5.74) is -0.00791. The molecule has 1 aliphatic rings. The third kappa shape index (κ3) is 4.23. The number of nitrogens with one attached hydrogen (secondary N) is 1. The molecule has 1 aromatic carbocycles. The van der Waals surface area contributed by atoms with Crippen molar-refractivity contribution < 1.29 is 13.6 Å². The smallest absolute Gasteiger partial charge is 0.238 e. The number of rotatable bonds is 4. The fraction of sp³-hybridized carbons (Fsp3) is 0.533. The zero-order chi connectivity index (χ0) is 15.4. The normalized spacial score (nSPS) is 19.5. The number of likely N-dealkylation sites (tertiary alicyclic amines) is 1. The van der Waals surface area contributed by atoms with Gasteiger partial charge in [-0.05, 0) is 47.8 Å². The van der Waals surface area contributed by atoms with Crippen molar-refractivity contribution in [2.24, 2.45) is 0 Å². The van der Waals surface area contributed by atoms with Gasteiger partial charge in [-0.2, -0.15) is 0 Å². The maximum atomic E-state index is 13.7. The lowest BCUT2D eigenvalue weighted by atomic mass is 10.00. The second-order valence-electron chi connectivity index (χ2n) is 5.32. The van der Waals surface area contributed by atoms with Gasteiger partial charge in [-0.3, -0.25) is 9.69 Å². The minimum absolute atomic E-state index is 0.00791. The first-order valence-corrected chi connectivity index (χ1v) is 7.99. The van der Waals surface area contributed by atoms with Gasteiger partial charge in [-0.1, -0.05) is 13.3 Å². The van der Waals surface area contributed by atoms with Crippen LogP contribution in [0.5, 0.6) is 0 Å².